The molecule has 28 heavy (non-hydrogen) atoms. The quantitative estimate of drug-likeness (QED) is 0.710. The Balaban J connectivity index is 1.46. The lowest BCUT2D eigenvalue weighted by Gasteiger charge is -2.27. The van der Waals surface area contributed by atoms with Crippen LogP contribution in [0.25, 0.3) is 0 Å². The van der Waals surface area contributed by atoms with Crippen LogP contribution < -0.4 is 9.80 Å². The average molecular weight is 387 g/mol. The molecule has 0 radical (unpaired) electrons. The van der Waals surface area contributed by atoms with Gasteiger partial charge in [0.25, 0.3) is 0 Å². The number of carbonyl (C=O) groups excluding carboxylic acids is 2. The lowest BCUT2D eigenvalue weighted by atomic mass is 10.2. The highest BCUT2D eigenvalue weighted by atomic mass is 19.1. The van der Waals surface area contributed by atoms with E-state index in [1.807, 2.05) is 6.92 Å². The van der Waals surface area contributed by atoms with Gasteiger partial charge in [0, 0.05) is 12.7 Å². The second kappa shape index (κ2) is 7.25. The van der Waals surface area contributed by atoms with Crippen molar-refractivity contribution in [1.82, 2.24) is 20.0 Å². The predicted octanol–water partition coefficient (Wildman–Crippen LogP) is 0.973. The number of aromatic nitrogens is 3. The van der Waals surface area contributed by atoms with Crippen molar-refractivity contribution < 1.29 is 18.7 Å². The zero-order valence-electron chi connectivity index (χ0n) is 15.1. The summed E-state index contributed by atoms with van der Waals surface area (Å²) in [7, 11) is 0. The van der Waals surface area contributed by atoms with E-state index in [1.54, 1.807) is 27.9 Å². The monoisotopic (exact) mass is 387 g/mol. The van der Waals surface area contributed by atoms with E-state index in [2.05, 4.69) is 15.4 Å². The van der Waals surface area contributed by atoms with Gasteiger partial charge < -0.3 is 9.64 Å². The Labute approximate surface area is 159 Å². The van der Waals surface area contributed by atoms with Crippen LogP contribution in [0.15, 0.2) is 29.5 Å². The van der Waals surface area contributed by atoms with Crippen molar-refractivity contribution in [2.75, 3.05) is 29.4 Å². The summed E-state index contributed by atoms with van der Waals surface area (Å²) in [5.74, 6) is -0.494. The third-order valence-electron chi connectivity index (χ3n) is 4.50. The highest BCUT2D eigenvalue weighted by Gasteiger charge is 2.33. The molecule has 0 N–H and O–H groups in total. The van der Waals surface area contributed by atoms with Gasteiger partial charge in [-0.25, -0.2) is 18.9 Å². The van der Waals surface area contributed by atoms with Crippen LogP contribution in [0.1, 0.15) is 5.69 Å². The molecule has 0 unspecified atom stereocenters. The molecule has 4 rings (SSSR count). The van der Waals surface area contributed by atoms with Gasteiger partial charge >= 0.3 is 6.09 Å². The van der Waals surface area contributed by atoms with E-state index < -0.39 is 18.0 Å². The van der Waals surface area contributed by atoms with Gasteiger partial charge in [-0.2, -0.15) is 5.10 Å². The summed E-state index contributed by atoms with van der Waals surface area (Å²) < 4.78 is 21.6. The minimum Gasteiger partial charge on any atom is -0.442 e. The molecule has 1 atom stereocenters. The summed E-state index contributed by atoms with van der Waals surface area (Å²) in [6, 6.07) is 4.52. The van der Waals surface area contributed by atoms with Gasteiger partial charge in [0.15, 0.2) is 0 Å². The fourth-order valence-electron chi connectivity index (χ4n) is 3.13. The SMILES string of the molecule is Cc1cn(C[C@H]2CN(c3ccc(N4C=NN(C=O)CC4)c(F)c3)C(=O)O2)nn1. The van der Waals surface area contributed by atoms with Crippen LogP contribution in [0.3, 0.4) is 0 Å². The normalized spacial score (nSPS) is 19.3. The number of amides is 2. The molecular weight excluding hydrogens is 369 g/mol. The standard InChI is InChI=1S/C17H18FN7O3/c1-12-7-24(21-20-12)8-14-9-25(17(27)28-14)13-2-3-16(15(18)6-13)22-4-5-23(11-26)19-10-22/h2-3,6-7,10-11,14H,4-5,8-9H2,1H3/t14-/m0/s1. The molecule has 1 saturated heterocycles. The van der Waals surface area contributed by atoms with Gasteiger partial charge in [0.1, 0.15) is 18.3 Å². The fraction of sp³-hybridized carbons (Fsp3) is 0.353. The van der Waals surface area contributed by atoms with Crippen molar-refractivity contribution in [2.45, 2.75) is 19.6 Å². The van der Waals surface area contributed by atoms with E-state index in [4.69, 9.17) is 4.74 Å². The average Bonchev–Trinajstić information content (AvgIpc) is 3.27. The minimum atomic E-state index is -0.532. The summed E-state index contributed by atoms with van der Waals surface area (Å²) in [5, 5.41) is 13.0. The van der Waals surface area contributed by atoms with Crippen LogP contribution in [0.5, 0.6) is 0 Å². The Hall–Kier alpha value is -3.50. The number of benzene rings is 1. The van der Waals surface area contributed by atoms with E-state index in [1.165, 1.54) is 22.3 Å². The minimum absolute atomic E-state index is 0.288. The number of aryl methyl sites for hydroxylation is 1. The highest BCUT2D eigenvalue weighted by molar-refractivity contribution is 5.90. The van der Waals surface area contributed by atoms with Gasteiger partial charge in [0.05, 0.1) is 36.7 Å². The second-order valence-corrected chi connectivity index (χ2v) is 6.53. The van der Waals surface area contributed by atoms with Crippen molar-refractivity contribution in [2.24, 2.45) is 5.10 Å². The van der Waals surface area contributed by atoms with Crippen LogP contribution in [0.2, 0.25) is 0 Å². The first-order chi connectivity index (χ1) is 13.5. The van der Waals surface area contributed by atoms with Gasteiger partial charge in [0.2, 0.25) is 6.41 Å². The Bertz CT molecular complexity index is 931. The molecule has 0 saturated carbocycles. The maximum absolute atomic E-state index is 14.7. The summed E-state index contributed by atoms with van der Waals surface area (Å²) in [5.41, 5.74) is 1.50. The van der Waals surface area contributed by atoms with Gasteiger partial charge in [-0.05, 0) is 25.1 Å². The Morgan fingerprint density at radius 2 is 2.21 bits per heavy atom. The van der Waals surface area contributed by atoms with Gasteiger partial charge in [-0.15, -0.1) is 5.10 Å². The first-order valence-electron chi connectivity index (χ1n) is 8.70. The topological polar surface area (TPSA) is 96.2 Å². The maximum Gasteiger partial charge on any atom is 0.414 e. The number of hydrogen-bond donors (Lipinski definition) is 0. The number of hydrogen-bond acceptors (Lipinski definition) is 7. The second-order valence-electron chi connectivity index (χ2n) is 6.53. The number of rotatable bonds is 5. The number of hydrazone groups is 1. The molecule has 2 aromatic rings. The Kier molecular flexibility index (Phi) is 4.63. The van der Waals surface area contributed by atoms with Crippen LogP contribution in [-0.4, -0.2) is 64.6 Å². The first-order valence-corrected chi connectivity index (χ1v) is 8.70. The van der Waals surface area contributed by atoms with E-state index in [0.717, 1.165) is 5.69 Å². The van der Waals surface area contributed by atoms with Crippen molar-refractivity contribution in [3.05, 3.63) is 35.9 Å². The van der Waals surface area contributed by atoms with Gasteiger partial charge in [-0.3, -0.25) is 9.69 Å². The zero-order chi connectivity index (χ0) is 19.7. The molecule has 0 bridgehead atoms. The lowest BCUT2D eigenvalue weighted by Crippen LogP contribution is -2.37. The number of cyclic esters (lactones) is 1. The largest absolute Gasteiger partial charge is 0.442 e. The number of nitrogens with zero attached hydrogens (tertiary/aromatic N) is 7. The van der Waals surface area contributed by atoms with Crippen LogP contribution in [0, 0.1) is 12.7 Å². The third kappa shape index (κ3) is 3.50. The molecule has 3 heterocycles. The van der Waals surface area contributed by atoms with E-state index in [-0.39, 0.29) is 6.54 Å². The highest BCUT2D eigenvalue weighted by Crippen LogP contribution is 2.28. The molecule has 1 fully saturated rings. The summed E-state index contributed by atoms with van der Waals surface area (Å²) in [6.07, 6.45) is 2.84. The van der Waals surface area contributed by atoms with E-state index >= 15 is 0 Å². The summed E-state index contributed by atoms with van der Waals surface area (Å²) in [4.78, 5) is 25.9. The van der Waals surface area contributed by atoms with Crippen molar-refractivity contribution >= 4 is 30.2 Å². The number of anilines is 2. The van der Waals surface area contributed by atoms with Crippen molar-refractivity contribution in [1.29, 1.82) is 0 Å². The molecule has 1 aromatic heterocycles. The van der Waals surface area contributed by atoms with E-state index in [9.17, 15) is 14.0 Å². The molecule has 2 amide bonds. The van der Waals surface area contributed by atoms with Crippen LogP contribution in [-0.2, 0) is 16.1 Å². The molecule has 2 aliphatic rings. The molecule has 0 spiro atoms. The predicted molar refractivity (Wildman–Crippen MR) is 97.4 cm³/mol. The van der Waals surface area contributed by atoms with E-state index in [0.29, 0.717) is 37.4 Å². The fourth-order valence-corrected chi connectivity index (χ4v) is 3.13. The number of carbonyl (C=O) groups is 2. The molecule has 0 aliphatic carbocycles. The van der Waals surface area contributed by atoms with Crippen LogP contribution in [0.4, 0.5) is 20.6 Å². The Morgan fingerprint density at radius 3 is 2.86 bits per heavy atom. The molecule has 1 aromatic carbocycles. The summed E-state index contributed by atoms with van der Waals surface area (Å²) in [6.45, 7) is 3.27. The zero-order valence-corrected chi connectivity index (χ0v) is 15.1. The molecule has 10 nitrogen and oxygen atoms in total. The molecule has 146 valence electrons. The molecule has 2 aliphatic heterocycles. The maximum atomic E-state index is 14.7. The third-order valence-corrected chi connectivity index (χ3v) is 4.50. The van der Waals surface area contributed by atoms with Crippen molar-refractivity contribution in [3.8, 4) is 0 Å². The first kappa shape index (κ1) is 17.9. The lowest BCUT2D eigenvalue weighted by molar-refractivity contribution is -0.118. The number of ether oxygens (including phenoxy) is 1. The molecule has 11 heteroatoms. The molecular formula is C17H18FN7O3. The summed E-state index contributed by atoms with van der Waals surface area (Å²) >= 11 is 0. The van der Waals surface area contributed by atoms with Crippen LogP contribution >= 0.6 is 0 Å². The van der Waals surface area contributed by atoms with Gasteiger partial charge in [-0.1, -0.05) is 5.21 Å². The Morgan fingerprint density at radius 1 is 1.36 bits per heavy atom. The van der Waals surface area contributed by atoms with Crippen molar-refractivity contribution in [3.63, 3.8) is 0 Å². The smallest absolute Gasteiger partial charge is 0.414 e. The number of halogens is 1.